The van der Waals surface area contributed by atoms with Crippen LogP contribution in [-0.4, -0.2) is 19.7 Å². The predicted octanol–water partition coefficient (Wildman–Crippen LogP) is 4.51. The van der Waals surface area contributed by atoms with Crippen LogP contribution in [0.3, 0.4) is 0 Å². The van der Waals surface area contributed by atoms with Crippen molar-refractivity contribution < 1.29 is 8.42 Å². The lowest BCUT2D eigenvalue weighted by Crippen LogP contribution is -2.22. The Morgan fingerprint density at radius 3 is 2.42 bits per heavy atom. The van der Waals surface area contributed by atoms with Crippen molar-refractivity contribution in [1.29, 1.82) is 0 Å². The van der Waals surface area contributed by atoms with Crippen LogP contribution in [0.4, 0.5) is 0 Å². The summed E-state index contributed by atoms with van der Waals surface area (Å²) in [7, 11) is -3.26. The van der Waals surface area contributed by atoms with Crippen LogP contribution < -0.4 is 0 Å². The molecule has 124 valence electrons. The maximum atomic E-state index is 11.6. The first-order valence-electron chi connectivity index (χ1n) is 8.04. The van der Waals surface area contributed by atoms with Crippen molar-refractivity contribution in [1.82, 2.24) is 4.98 Å². The summed E-state index contributed by atoms with van der Waals surface area (Å²) in [6, 6.07) is 5.70. The van der Waals surface area contributed by atoms with E-state index in [4.69, 9.17) is 0 Å². The van der Waals surface area contributed by atoms with Crippen molar-refractivity contribution in [3.8, 4) is 0 Å². The molecule has 0 amide bonds. The van der Waals surface area contributed by atoms with Gasteiger partial charge in [-0.15, -0.1) is 11.3 Å². The first-order chi connectivity index (χ1) is 11.4. The largest absolute Gasteiger partial charge is 0.244 e. The molecule has 2 aliphatic carbocycles. The molecule has 0 saturated heterocycles. The summed E-state index contributed by atoms with van der Waals surface area (Å²) in [6.07, 6.45) is 11.3. The summed E-state index contributed by atoms with van der Waals surface area (Å²) in [5.41, 5.74) is 4.91. The maximum absolute atomic E-state index is 11.6. The number of pyridine rings is 1. The van der Waals surface area contributed by atoms with Gasteiger partial charge >= 0.3 is 0 Å². The molecule has 0 unspecified atom stereocenters. The highest BCUT2D eigenvalue weighted by molar-refractivity contribution is 7.90. The van der Waals surface area contributed by atoms with Gasteiger partial charge in [-0.3, -0.25) is 0 Å². The van der Waals surface area contributed by atoms with Gasteiger partial charge < -0.3 is 0 Å². The van der Waals surface area contributed by atoms with Crippen molar-refractivity contribution in [2.75, 3.05) is 6.26 Å². The van der Waals surface area contributed by atoms with Crippen LogP contribution in [0.1, 0.15) is 35.3 Å². The van der Waals surface area contributed by atoms with E-state index in [2.05, 4.69) is 35.5 Å². The third-order valence-electron chi connectivity index (χ3n) is 4.86. The molecule has 1 fully saturated rings. The smallest absolute Gasteiger partial charge is 0.192 e. The molecular formula is C19H19NO2S2. The van der Waals surface area contributed by atoms with E-state index in [0.29, 0.717) is 0 Å². The Morgan fingerprint density at radius 1 is 1.17 bits per heavy atom. The molecule has 0 N–H and O–H groups in total. The highest BCUT2D eigenvalue weighted by Gasteiger charge is 2.38. The van der Waals surface area contributed by atoms with E-state index in [1.165, 1.54) is 47.1 Å². The number of thiophene rings is 1. The number of aromatic nitrogens is 1. The third-order valence-corrected chi connectivity index (χ3v) is 6.94. The van der Waals surface area contributed by atoms with Crippen molar-refractivity contribution >= 4 is 32.3 Å². The number of hydrogen-bond acceptors (Lipinski definition) is 4. The van der Waals surface area contributed by atoms with Gasteiger partial charge in [0.05, 0.1) is 0 Å². The Hall–Kier alpha value is -1.72. The van der Waals surface area contributed by atoms with Crippen LogP contribution in [0, 0.1) is 12.3 Å². The molecule has 1 spiro atoms. The Bertz CT molecular complexity index is 959. The average molecular weight is 358 g/mol. The SMILES string of the molecule is Cc1csc(C2=CC3(C=C2c2ccc(S(C)(=O)=O)nc2)CCC3)c1. The monoisotopic (exact) mass is 357 g/mol. The van der Waals surface area contributed by atoms with E-state index in [1.807, 2.05) is 6.07 Å². The maximum Gasteiger partial charge on any atom is 0.192 e. The molecule has 1 saturated carbocycles. The second kappa shape index (κ2) is 5.39. The van der Waals surface area contributed by atoms with Crippen molar-refractivity contribution in [2.24, 2.45) is 5.41 Å². The van der Waals surface area contributed by atoms with Crippen molar-refractivity contribution in [3.63, 3.8) is 0 Å². The van der Waals surface area contributed by atoms with Gasteiger partial charge in [-0.1, -0.05) is 18.6 Å². The summed E-state index contributed by atoms with van der Waals surface area (Å²) in [5, 5.41) is 2.30. The van der Waals surface area contributed by atoms with Crippen LogP contribution in [0.5, 0.6) is 0 Å². The van der Waals surface area contributed by atoms with E-state index < -0.39 is 9.84 Å². The molecule has 5 heteroatoms. The Labute approximate surface area is 146 Å². The molecule has 0 aromatic carbocycles. The quantitative estimate of drug-likeness (QED) is 0.812. The highest BCUT2D eigenvalue weighted by Crippen LogP contribution is 2.54. The van der Waals surface area contributed by atoms with Crippen LogP contribution in [0.25, 0.3) is 11.1 Å². The predicted molar refractivity (Wildman–Crippen MR) is 98.6 cm³/mol. The molecule has 0 aliphatic heterocycles. The lowest BCUT2D eigenvalue weighted by Gasteiger charge is -2.34. The van der Waals surface area contributed by atoms with E-state index in [-0.39, 0.29) is 10.4 Å². The number of sulfone groups is 1. The van der Waals surface area contributed by atoms with Gasteiger partial charge in [0.2, 0.25) is 0 Å². The summed E-state index contributed by atoms with van der Waals surface area (Å²) in [5.74, 6) is 0. The average Bonchev–Trinajstić information content (AvgIpc) is 3.10. The summed E-state index contributed by atoms with van der Waals surface area (Å²) in [4.78, 5) is 5.44. The van der Waals surface area contributed by atoms with Crippen molar-refractivity contribution in [2.45, 2.75) is 31.2 Å². The fourth-order valence-electron chi connectivity index (χ4n) is 3.42. The molecule has 2 heterocycles. The van der Waals surface area contributed by atoms with Crippen LogP contribution in [0.2, 0.25) is 0 Å². The molecule has 2 aromatic heterocycles. The number of hydrogen-bond donors (Lipinski definition) is 0. The van der Waals surface area contributed by atoms with Crippen molar-refractivity contribution in [3.05, 3.63) is 57.9 Å². The number of aryl methyl sites for hydroxylation is 1. The molecule has 0 atom stereocenters. The zero-order valence-corrected chi connectivity index (χ0v) is 15.4. The first kappa shape index (κ1) is 15.8. The van der Waals surface area contributed by atoms with E-state index >= 15 is 0 Å². The Kier molecular flexibility index (Phi) is 3.55. The van der Waals surface area contributed by atoms with Gasteiger partial charge in [-0.2, -0.15) is 0 Å². The summed E-state index contributed by atoms with van der Waals surface area (Å²) in [6.45, 7) is 2.11. The number of nitrogens with zero attached hydrogens (tertiary/aromatic N) is 1. The molecule has 2 aromatic rings. The molecular weight excluding hydrogens is 338 g/mol. The topological polar surface area (TPSA) is 47.0 Å². The minimum Gasteiger partial charge on any atom is -0.244 e. The molecule has 2 aliphatic rings. The lowest BCUT2D eigenvalue weighted by atomic mass is 9.70. The summed E-state index contributed by atoms with van der Waals surface area (Å²) >= 11 is 1.76. The molecule has 0 bridgehead atoms. The number of allylic oxidation sites excluding steroid dienone is 4. The van der Waals surface area contributed by atoms with Gasteiger partial charge in [0.15, 0.2) is 14.9 Å². The zero-order valence-electron chi connectivity index (χ0n) is 13.7. The van der Waals surface area contributed by atoms with Gasteiger partial charge in [-0.25, -0.2) is 13.4 Å². The first-order valence-corrected chi connectivity index (χ1v) is 10.8. The van der Waals surface area contributed by atoms with Gasteiger partial charge in [0, 0.05) is 28.3 Å². The fraction of sp³-hybridized carbons (Fsp3) is 0.316. The fourth-order valence-corrected chi connectivity index (χ4v) is 4.91. The van der Waals surface area contributed by atoms with Crippen LogP contribution in [0.15, 0.2) is 47.0 Å². The van der Waals surface area contributed by atoms with Crippen LogP contribution in [-0.2, 0) is 9.84 Å². The highest BCUT2D eigenvalue weighted by atomic mass is 32.2. The zero-order chi connectivity index (χ0) is 16.9. The van der Waals surface area contributed by atoms with Gasteiger partial charge in [0.1, 0.15) is 0 Å². The molecule has 4 rings (SSSR count). The van der Waals surface area contributed by atoms with Gasteiger partial charge in [0.25, 0.3) is 0 Å². The van der Waals surface area contributed by atoms with E-state index in [1.54, 1.807) is 23.6 Å². The minimum absolute atomic E-state index is 0.126. The van der Waals surface area contributed by atoms with E-state index in [0.717, 1.165) is 5.56 Å². The third kappa shape index (κ3) is 2.66. The number of rotatable bonds is 3. The minimum atomic E-state index is -3.26. The second-order valence-corrected chi connectivity index (χ2v) is 9.72. The van der Waals surface area contributed by atoms with Crippen LogP contribution >= 0.6 is 11.3 Å². The Morgan fingerprint density at radius 2 is 1.92 bits per heavy atom. The summed E-state index contributed by atoms with van der Waals surface area (Å²) < 4.78 is 23.3. The lowest BCUT2D eigenvalue weighted by molar-refractivity contribution is 0.282. The van der Waals surface area contributed by atoms with Gasteiger partial charge in [-0.05, 0) is 60.1 Å². The standard InChI is InChI=1S/C19H19NO2S2/c1-13-8-17(23-12-13)16-10-19(6-3-7-19)9-15(16)14-4-5-18(20-11-14)24(2,21)22/h4-5,8-12H,3,6-7H2,1-2H3. The normalized spacial score (nSPS) is 19.1. The molecule has 3 nitrogen and oxygen atoms in total. The Balaban J connectivity index is 1.77. The molecule has 24 heavy (non-hydrogen) atoms. The second-order valence-electron chi connectivity index (χ2n) is 6.85. The molecule has 0 radical (unpaired) electrons. The van der Waals surface area contributed by atoms with E-state index in [9.17, 15) is 8.42 Å².